The number of methoxy groups -OCH3 is 1. The van der Waals surface area contributed by atoms with E-state index in [2.05, 4.69) is 37.5 Å². The lowest BCUT2D eigenvalue weighted by Gasteiger charge is -2.18. The first-order valence-corrected chi connectivity index (χ1v) is 6.91. The van der Waals surface area contributed by atoms with Gasteiger partial charge in [-0.05, 0) is 49.1 Å². The molecule has 0 fully saturated rings. The molecule has 0 saturated heterocycles. The van der Waals surface area contributed by atoms with Crippen LogP contribution in [0, 0.1) is 19.7 Å². The molecule has 0 aliphatic heterocycles. The zero-order valence-corrected chi connectivity index (χ0v) is 12.6. The van der Waals surface area contributed by atoms with Gasteiger partial charge < -0.3 is 4.74 Å². The molecule has 1 unspecified atom stereocenters. The van der Waals surface area contributed by atoms with E-state index in [1.165, 1.54) is 29.9 Å². The summed E-state index contributed by atoms with van der Waals surface area (Å²) >= 11 is 0. The van der Waals surface area contributed by atoms with Crippen molar-refractivity contribution in [2.24, 2.45) is 5.84 Å². The van der Waals surface area contributed by atoms with Crippen molar-refractivity contribution >= 4 is 0 Å². The second kappa shape index (κ2) is 6.70. The van der Waals surface area contributed by atoms with Gasteiger partial charge in [0.15, 0.2) is 11.6 Å². The summed E-state index contributed by atoms with van der Waals surface area (Å²) in [5.74, 6) is 5.52. The Morgan fingerprint density at radius 3 is 2.57 bits per heavy atom. The number of ether oxygens (including phenoxy) is 1. The van der Waals surface area contributed by atoms with Crippen LogP contribution in [0.15, 0.2) is 36.4 Å². The van der Waals surface area contributed by atoms with Crippen LogP contribution in [0.1, 0.15) is 28.3 Å². The molecule has 0 radical (unpaired) electrons. The highest BCUT2D eigenvalue weighted by atomic mass is 19.1. The summed E-state index contributed by atoms with van der Waals surface area (Å²) in [7, 11) is 1.45. The van der Waals surface area contributed by atoms with Crippen molar-refractivity contribution < 1.29 is 9.13 Å². The van der Waals surface area contributed by atoms with Gasteiger partial charge in [-0.15, -0.1) is 0 Å². The molecular weight excluding hydrogens is 267 g/mol. The topological polar surface area (TPSA) is 47.3 Å². The molecule has 0 amide bonds. The number of halogens is 1. The SMILES string of the molecule is COc1ccc(C(Cc2cc(C)ccc2C)NN)cc1F. The van der Waals surface area contributed by atoms with Crippen molar-refractivity contribution in [2.75, 3.05) is 7.11 Å². The van der Waals surface area contributed by atoms with E-state index in [-0.39, 0.29) is 17.6 Å². The van der Waals surface area contributed by atoms with Crippen molar-refractivity contribution in [3.05, 3.63) is 64.5 Å². The highest BCUT2D eigenvalue weighted by molar-refractivity contribution is 5.35. The fourth-order valence-corrected chi connectivity index (χ4v) is 2.41. The Morgan fingerprint density at radius 1 is 1.19 bits per heavy atom. The van der Waals surface area contributed by atoms with Gasteiger partial charge in [0.25, 0.3) is 0 Å². The van der Waals surface area contributed by atoms with Crippen molar-refractivity contribution in [1.29, 1.82) is 0 Å². The first-order valence-electron chi connectivity index (χ1n) is 6.91. The predicted molar refractivity (Wildman–Crippen MR) is 82.6 cm³/mol. The summed E-state index contributed by atoms with van der Waals surface area (Å²) in [5.41, 5.74) is 7.18. The Kier molecular flexibility index (Phi) is 4.94. The molecule has 0 aliphatic carbocycles. The second-order valence-corrected chi connectivity index (χ2v) is 5.25. The van der Waals surface area contributed by atoms with Gasteiger partial charge in [-0.2, -0.15) is 0 Å². The molecule has 0 heterocycles. The summed E-state index contributed by atoms with van der Waals surface area (Å²) in [6.45, 7) is 4.12. The largest absolute Gasteiger partial charge is 0.494 e. The molecule has 0 saturated carbocycles. The molecule has 3 N–H and O–H groups in total. The van der Waals surface area contributed by atoms with Crippen molar-refractivity contribution in [2.45, 2.75) is 26.3 Å². The van der Waals surface area contributed by atoms with E-state index in [9.17, 15) is 4.39 Å². The molecule has 2 rings (SSSR count). The van der Waals surface area contributed by atoms with Crippen LogP contribution < -0.4 is 16.0 Å². The smallest absolute Gasteiger partial charge is 0.165 e. The van der Waals surface area contributed by atoms with Gasteiger partial charge in [0.1, 0.15) is 0 Å². The van der Waals surface area contributed by atoms with Gasteiger partial charge in [0, 0.05) is 0 Å². The lowest BCUT2D eigenvalue weighted by molar-refractivity contribution is 0.385. The van der Waals surface area contributed by atoms with Crippen LogP contribution in [-0.4, -0.2) is 7.11 Å². The van der Waals surface area contributed by atoms with E-state index in [1.807, 2.05) is 6.07 Å². The van der Waals surface area contributed by atoms with Gasteiger partial charge in [-0.25, -0.2) is 4.39 Å². The molecule has 2 aromatic rings. The van der Waals surface area contributed by atoms with Crippen LogP contribution in [0.3, 0.4) is 0 Å². The predicted octanol–water partition coefficient (Wildman–Crippen LogP) is 3.20. The fraction of sp³-hybridized carbons (Fsp3) is 0.294. The maximum absolute atomic E-state index is 13.8. The quantitative estimate of drug-likeness (QED) is 0.656. The number of rotatable bonds is 5. The number of hydrogen-bond acceptors (Lipinski definition) is 3. The zero-order valence-electron chi connectivity index (χ0n) is 12.6. The van der Waals surface area contributed by atoms with E-state index in [4.69, 9.17) is 10.6 Å². The van der Waals surface area contributed by atoms with Gasteiger partial charge >= 0.3 is 0 Å². The Bertz CT molecular complexity index is 628. The maximum atomic E-state index is 13.8. The summed E-state index contributed by atoms with van der Waals surface area (Å²) in [4.78, 5) is 0. The number of hydrogen-bond donors (Lipinski definition) is 2. The number of benzene rings is 2. The van der Waals surface area contributed by atoms with Gasteiger partial charge in [-0.1, -0.05) is 29.8 Å². The van der Waals surface area contributed by atoms with E-state index in [1.54, 1.807) is 6.07 Å². The first-order chi connectivity index (χ1) is 10.0. The molecule has 0 aromatic heterocycles. The highest BCUT2D eigenvalue weighted by Crippen LogP contribution is 2.25. The van der Waals surface area contributed by atoms with Crippen molar-refractivity contribution in [3.63, 3.8) is 0 Å². The van der Waals surface area contributed by atoms with E-state index < -0.39 is 0 Å². The third-order valence-corrected chi connectivity index (χ3v) is 3.71. The first kappa shape index (κ1) is 15.5. The third kappa shape index (κ3) is 3.60. The van der Waals surface area contributed by atoms with Crippen LogP contribution in [0.5, 0.6) is 5.75 Å². The fourth-order valence-electron chi connectivity index (χ4n) is 2.41. The molecule has 3 nitrogen and oxygen atoms in total. The number of nitrogens with one attached hydrogen (secondary N) is 1. The monoisotopic (exact) mass is 288 g/mol. The molecule has 21 heavy (non-hydrogen) atoms. The van der Waals surface area contributed by atoms with Crippen LogP contribution in [0.25, 0.3) is 0 Å². The second-order valence-electron chi connectivity index (χ2n) is 5.25. The van der Waals surface area contributed by atoms with Crippen molar-refractivity contribution in [1.82, 2.24) is 5.43 Å². The van der Waals surface area contributed by atoms with Gasteiger partial charge in [0.2, 0.25) is 0 Å². The molecule has 4 heteroatoms. The van der Waals surface area contributed by atoms with E-state index in [0.717, 1.165) is 5.56 Å². The summed E-state index contributed by atoms with van der Waals surface area (Å²) in [5, 5.41) is 0. The Balaban J connectivity index is 2.27. The lowest BCUT2D eigenvalue weighted by atomic mass is 9.95. The van der Waals surface area contributed by atoms with Gasteiger partial charge in [-0.3, -0.25) is 11.3 Å². The minimum absolute atomic E-state index is 0.147. The Hall–Kier alpha value is -1.91. The minimum atomic E-state index is -0.379. The standard InChI is InChI=1S/C17H21FN2O/c1-11-4-5-12(2)14(8-11)10-16(20-19)13-6-7-17(21-3)15(18)9-13/h4-9,16,20H,10,19H2,1-3H3. The summed E-state index contributed by atoms with van der Waals surface area (Å²) in [6, 6.07) is 11.1. The van der Waals surface area contributed by atoms with Crippen LogP contribution in [0.4, 0.5) is 4.39 Å². The van der Waals surface area contributed by atoms with Crippen LogP contribution in [0.2, 0.25) is 0 Å². The molecule has 0 aliphatic rings. The molecule has 2 aromatic carbocycles. The Morgan fingerprint density at radius 2 is 1.95 bits per heavy atom. The summed E-state index contributed by atoms with van der Waals surface area (Å²) in [6.07, 6.45) is 0.704. The third-order valence-electron chi connectivity index (χ3n) is 3.71. The highest BCUT2D eigenvalue weighted by Gasteiger charge is 2.14. The van der Waals surface area contributed by atoms with Gasteiger partial charge in [0.05, 0.1) is 13.2 Å². The minimum Gasteiger partial charge on any atom is -0.494 e. The molecule has 0 bridgehead atoms. The van der Waals surface area contributed by atoms with Crippen LogP contribution in [-0.2, 0) is 6.42 Å². The van der Waals surface area contributed by atoms with E-state index in [0.29, 0.717) is 6.42 Å². The zero-order chi connectivity index (χ0) is 15.4. The normalized spacial score (nSPS) is 12.2. The average Bonchev–Trinajstić information content (AvgIpc) is 2.48. The van der Waals surface area contributed by atoms with Crippen LogP contribution >= 0.6 is 0 Å². The maximum Gasteiger partial charge on any atom is 0.165 e. The average molecular weight is 288 g/mol. The molecule has 0 spiro atoms. The summed E-state index contributed by atoms with van der Waals surface area (Å²) < 4.78 is 18.8. The Labute approximate surface area is 124 Å². The van der Waals surface area contributed by atoms with Crippen molar-refractivity contribution in [3.8, 4) is 5.75 Å². The number of nitrogens with two attached hydrogens (primary N) is 1. The van der Waals surface area contributed by atoms with E-state index >= 15 is 0 Å². The molecule has 1 atom stereocenters. The molecule has 112 valence electrons. The number of aryl methyl sites for hydroxylation is 2. The number of hydrazine groups is 1. The lowest BCUT2D eigenvalue weighted by Crippen LogP contribution is -2.29. The molecular formula is C17H21FN2O.